The fourth-order valence-electron chi connectivity index (χ4n) is 4.41. The molecule has 30 heavy (non-hydrogen) atoms. The topological polar surface area (TPSA) is 86.7 Å². The zero-order chi connectivity index (χ0) is 21.0. The summed E-state index contributed by atoms with van der Waals surface area (Å²) in [5, 5.41) is 18.8. The third kappa shape index (κ3) is 2.52. The highest BCUT2D eigenvalue weighted by Gasteiger charge is 2.29. The van der Waals surface area contributed by atoms with E-state index in [0.717, 1.165) is 57.3 Å². The Hall–Kier alpha value is -3.98. The summed E-state index contributed by atoms with van der Waals surface area (Å²) in [6.45, 7) is 11.6. The number of aryl methyl sites for hydroxylation is 1. The standard InChI is InChI=1S/C24H22N6/c1-4-15(3)29-12-18(13-29)30-11-17(10-25)19-9-16(6-8-21(19)30)22-14(2)5-7-20-23(22)24(26)28-27-20/h4-9,11,18H,1,3,12-13H2,2H3,(H3,26,27,28). The molecule has 5 rings (SSSR count). The number of aromatic amines is 1. The van der Waals surface area contributed by atoms with Crippen LogP contribution in [0.25, 0.3) is 32.9 Å². The van der Waals surface area contributed by atoms with Crippen molar-refractivity contribution in [2.45, 2.75) is 13.0 Å². The first kappa shape index (κ1) is 18.1. The highest BCUT2D eigenvalue weighted by atomic mass is 15.3. The minimum atomic E-state index is 0.312. The predicted octanol–water partition coefficient (Wildman–Crippen LogP) is 4.50. The molecule has 1 aliphatic rings. The third-order valence-electron chi connectivity index (χ3n) is 6.11. The molecule has 0 amide bonds. The van der Waals surface area contributed by atoms with Crippen molar-refractivity contribution in [3.63, 3.8) is 0 Å². The molecular weight excluding hydrogens is 372 g/mol. The van der Waals surface area contributed by atoms with Gasteiger partial charge in [-0.1, -0.05) is 25.3 Å². The van der Waals surface area contributed by atoms with E-state index in [-0.39, 0.29) is 0 Å². The number of nitriles is 1. The van der Waals surface area contributed by atoms with E-state index in [9.17, 15) is 5.26 Å². The second-order valence-corrected chi connectivity index (χ2v) is 7.84. The lowest BCUT2D eigenvalue weighted by atomic mass is 9.95. The molecule has 2 aromatic carbocycles. The Morgan fingerprint density at radius 3 is 2.87 bits per heavy atom. The lowest BCUT2D eigenvalue weighted by Gasteiger charge is -2.42. The Kier molecular flexibility index (Phi) is 3.93. The number of nitrogens with one attached hydrogen (secondary N) is 1. The minimum absolute atomic E-state index is 0.312. The van der Waals surface area contributed by atoms with Crippen molar-refractivity contribution in [3.8, 4) is 17.2 Å². The monoisotopic (exact) mass is 394 g/mol. The number of aromatic nitrogens is 3. The number of hydrogen-bond donors (Lipinski definition) is 2. The Labute approximate surface area is 174 Å². The van der Waals surface area contributed by atoms with Crippen LogP contribution in [0.3, 0.4) is 0 Å². The molecule has 0 saturated carbocycles. The van der Waals surface area contributed by atoms with Crippen LogP contribution in [-0.4, -0.2) is 32.8 Å². The van der Waals surface area contributed by atoms with E-state index in [4.69, 9.17) is 5.73 Å². The van der Waals surface area contributed by atoms with Gasteiger partial charge in [-0.25, -0.2) is 0 Å². The molecule has 148 valence electrons. The Balaban J connectivity index is 1.63. The van der Waals surface area contributed by atoms with Gasteiger partial charge in [-0.3, -0.25) is 5.10 Å². The van der Waals surface area contributed by atoms with Crippen molar-refractivity contribution in [1.82, 2.24) is 19.7 Å². The number of likely N-dealkylation sites (tertiary alicyclic amines) is 1. The normalized spacial score (nSPS) is 14.1. The van der Waals surface area contributed by atoms with Crippen molar-refractivity contribution in [1.29, 1.82) is 5.26 Å². The minimum Gasteiger partial charge on any atom is -0.382 e. The summed E-state index contributed by atoms with van der Waals surface area (Å²) >= 11 is 0. The molecule has 0 aliphatic carbocycles. The van der Waals surface area contributed by atoms with E-state index in [2.05, 4.69) is 70.1 Å². The quantitative estimate of drug-likeness (QED) is 0.499. The number of fused-ring (bicyclic) bond motifs is 2. The summed E-state index contributed by atoms with van der Waals surface area (Å²) in [5.74, 6) is 0.485. The first-order chi connectivity index (χ1) is 14.5. The molecule has 0 atom stereocenters. The lowest BCUT2D eigenvalue weighted by molar-refractivity contribution is 0.158. The van der Waals surface area contributed by atoms with Gasteiger partial charge in [0.1, 0.15) is 6.07 Å². The number of nitrogens with two attached hydrogens (primary N) is 1. The smallest absolute Gasteiger partial charge is 0.153 e. The zero-order valence-electron chi connectivity index (χ0n) is 16.8. The molecule has 6 nitrogen and oxygen atoms in total. The van der Waals surface area contributed by atoms with Gasteiger partial charge >= 0.3 is 0 Å². The number of allylic oxidation sites excluding steroid dienone is 1. The SMILES string of the molecule is C=CC(=C)N1CC(n2cc(C#N)c3cc(-c4c(C)ccc5[nH]nc(N)c45)ccc32)C1. The van der Waals surface area contributed by atoms with Crippen LogP contribution in [-0.2, 0) is 0 Å². The van der Waals surface area contributed by atoms with Crippen molar-refractivity contribution in [2.75, 3.05) is 18.8 Å². The largest absolute Gasteiger partial charge is 0.382 e. The van der Waals surface area contributed by atoms with E-state index in [1.54, 1.807) is 6.08 Å². The molecule has 0 spiro atoms. The van der Waals surface area contributed by atoms with Gasteiger partial charge in [0, 0.05) is 35.9 Å². The number of benzene rings is 2. The van der Waals surface area contributed by atoms with Crippen LogP contribution in [0, 0.1) is 18.3 Å². The maximum atomic E-state index is 9.76. The van der Waals surface area contributed by atoms with Gasteiger partial charge in [-0.2, -0.15) is 10.4 Å². The van der Waals surface area contributed by atoms with Crippen molar-refractivity contribution in [3.05, 3.63) is 72.6 Å². The van der Waals surface area contributed by atoms with E-state index in [0.29, 0.717) is 17.4 Å². The summed E-state index contributed by atoms with van der Waals surface area (Å²) in [4.78, 5) is 2.19. The molecule has 2 aromatic heterocycles. The van der Waals surface area contributed by atoms with Crippen molar-refractivity contribution < 1.29 is 0 Å². The van der Waals surface area contributed by atoms with E-state index in [1.807, 2.05) is 12.3 Å². The molecule has 0 radical (unpaired) electrons. The van der Waals surface area contributed by atoms with Crippen LogP contribution >= 0.6 is 0 Å². The second-order valence-electron chi connectivity index (χ2n) is 7.84. The summed E-state index contributed by atoms with van der Waals surface area (Å²) in [5.41, 5.74) is 12.9. The Morgan fingerprint density at radius 1 is 1.33 bits per heavy atom. The van der Waals surface area contributed by atoms with Crippen LogP contribution in [0.5, 0.6) is 0 Å². The van der Waals surface area contributed by atoms with Crippen LogP contribution < -0.4 is 5.73 Å². The molecule has 1 fully saturated rings. The van der Waals surface area contributed by atoms with Gasteiger partial charge in [0.15, 0.2) is 5.82 Å². The molecule has 1 saturated heterocycles. The Bertz CT molecular complexity index is 1370. The number of anilines is 1. The summed E-state index contributed by atoms with van der Waals surface area (Å²) < 4.78 is 2.21. The van der Waals surface area contributed by atoms with E-state index >= 15 is 0 Å². The van der Waals surface area contributed by atoms with Gasteiger partial charge in [-0.05, 0) is 47.9 Å². The van der Waals surface area contributed by atoms with Gasteiger partial charge in [-0.15, -0.1) is 0 Å². The number of H-pyrrole nitrogens is 1. The number of nitrogens with zero attached hydrogens (tertiary/aromatic N) is 4. The van der Waals surface area contributed by atoms with Crippen molar-refractivity contribution >= 4 is 27.6 Å². The fraction of sp³-hybridized carbons (Fsp3) is 0.167. The molecule has 3 N–H and O–H groups in total. The maximum Gasteiger partial charge on any atom is 0.153 e. The molecule has 1 aliphatic heterocycles. The molecule has 6 heteroatoms. The van der Waals surface area contributed by atoms with Crippen LogP contribution in [0.4, 0.5) is 5.82 Å². The maximum absolute atomic E-state index is 9.76. The molecule has 4 aromatic rings. The van der Waals surface area contributed by atoms with Gasteiger partial charge in [0.05, 0.1) is 22.5 Å². The third-order valence-corrected chi connectivity index (χ3v) is 6.11. The number of nitrogen functional groups attached to an aromatic ring is 1. The van der Waals surface area contributed by atoms with E-state index < -0.39 is 0 Å². The summed E-state index contributed by atoms with van der Waals surface area (Å²) in [6, 6.07) is 13.0. The first-order valence-electron chi connectivity index (χ1n) is 9.86. The van der Waals surface area contributed by atoms with Gasteiger partial charge in [0.25, 0.3) is 0 Å². The van der Waals surface area contributed by atoms with Crippen molar-refractivity contribution in [2.24, 2.45) is 0 Å². The first-order valence-corrected chi connectivity index (χ1v) is 9.86. The fourth-order valence-corrected chi connectivity index (χ4v) is 4.41. The number of hydrogen-bond acceptors (Lipinski definition) is 4. The highest BCUT2D eigenvalue weighted by Crippen LogP contribution is 2.38. The molecular formula is C24H22N6. The molecule has 0 unspecified atom stereocenters. The zero-order valence-corrected chi connectivity index (χ0v) is 16.8. The summed E-state index contributed by atoms with van der Waals surface area (Å²) in [6.07, 6.45) is 3.74. The molecule has 3 heterocycles. The molecule has 0 bridgehead atoms. The van der Waals surface area contributed by atoms with Crippen LogP contribution in [0.15, 0.2) is 61.5 Å². The van der Waals surface area contributed by atoms with Gasteiger partial charge < -0.3 is 15.2 Å². The predicted molar refractivity (Wildman–Crippen MR) is 121 cm³/mol. The summed E-state index contributed by atoms with van der Waals surface area (Å²) in [7, 11) is 0. The highest BCUT2D eigenvalue weighted by molar-refractivity contribution is 6.04. The van der Waals surface area contributed by atoms with E-state index in [1.165, 1.54) is 0 Å². The van der Waals surface area contributed by atoms with Gasteiger partial charge in [0.2, 0.25) is 0 Å². The van der Waals surface area contributed by atoms with Crippen LogP contribution in [0.2, 0.25) is 0 Å². The second kappa shape index (κ2) is 6.53. The Morgan fingerprint density at radius 2 is 2.13 bits per heavy atom. The lowest BCUT2D eigenvalue weighted by Crippen LogP contribution is -2.46. The average Bonchev–Trinajstić information content (AvgIpc) is 3.27. The van der Waals surface area contributed by atoms with Crippen LogP contribution in [0.1, 0.15) is 17.2 Å². The number of rotatable bonds is 4. The average molecular weight is 394 g/mol.